The lowest BCUT2D eigenvalue weighted by Crippen LogP contribution is -2.35. The van der Waals surface area contributed by atoms with E-state index in [4.69, 9.17) is 21.4 Å². The van der Waals surface area contributed by atoms with E-state index in [9.17, 15) is 9.18 Å². The highest BCUT2D eigenvalue weighted by atomic mass is 32.1. The molecule has 0 amide bonds. The molecule has 0 spiro atoms. The van der Waals surface area contributed by atoms with Gasteiger partial charge in [-0.2, -0.15) is 0 Å². The van der Waals surface area contributed by atoms with Gasteiger partial charge in [0.15, 0.2) is 5.11 Å². The van der Waals surface area contributed by atoms with Crippen LogP contribution >= 0.6 is 12.2 Å². The predicted octanol–water partition coefficient (Wildman–Crippen LogP) is 5.06. The van der Waals surface area contributed by atoms with Crippen molar-refractivity contribution in [1.29, 1.82) is 0 Å². The summed E-state index contributed by atoms with van der Waals surface area (Å²) in [4.78, 5) is 17.5. The predicted molar refractivity (Wildman–Crippen MR) is 126 cm³/mol. The highest BCUT2D eigenvalue weighted by molar-refractivity contribution is 7.80. The minimum Gasteiger partial charge on any atom is -0.494 e. The maximum absolute atomic E-state index is 13.2. The van der Waals surface area contributed by atoms with Gasteiger partial charge in [0.2, 0.25) is 0 Å². The average Bonchev–Trinajstić information content (AvgIpc) is 3.29. The number of aromatic amines is 1. The standard InChI is InChI=1S/C24H22FN3O3S/c1-2-30-20-9-10-22-16(13-20)12-17(23(29)27-22)14-28(15-21-4-3-11-31-21)24(32)26-19-7-5-18(25)6-8-19/h3-13H,2,14-15H2,1H3,(H,26,32)(H,27,29). The summed E-state index contributed by atoms with van der Waals surface area (Å²) in [5, 5.41) is 4.35. The van der Waals surface area contributed by atoms with Crippen LogP contribution in [0.2, 0.25) is 0 Å². The molecule has 4 aromatic rings. The van der Waals surface area contributed by atoms with Crippen molar-refractivity contribution in [2.75, 3.05) is 11.9 Å². The number of fused-ring (bicyclic) bond motifs is 1. The monoisotopic (exact) mass is 451 g/mol. The zero-order valence-electron chi connectivity index (χ0n) is 17.4. The number of nitrogens with one attached hydrogen (secondary N) is 2. The van der Waals surface area contributed by atoms with Gasteiger partial charge in [-0.15, -0.1) is 0 Å². The van der Waals surface area contributed by atoms with Crippen LogP contribution in [0.15, 0.2) is 76.1 Å². The Labute approximate surface area is 189 Å². The minimum atomic E-state index is -0.331. The summed E-state index contributed by atoms with van der Waals surface area (Å²) in [6, 6.07) is 16.9. The number of thiocarbonyl (C=S) groups is 1. The van der Waals surface area contributed by atoms with E-state index in [0.717, 1.165) is 16.7 Å². The van der Waals surface area contributed by atoms with E-state index >= 15 is 0 Å². The van der Waals surface area contributed by atoms with Gasteiger partial charge in [0.25, 0.3) is 5.56 Å². The fourth-order valence-corrected chi connectivity index (χ4v) is 3.58. The molecule has 0 aliphatic rings. The average molecular weight is 452 g/mol. The Balaban J connectivity index is 1.62. The smallest absolute Gasteiger partial charge is 0.253 e. The summed E-state index contributed by atoms with van der Waals surface area (Å²) in [7, 11) is 0. The molecule has 2 N–H and O–H groups in total. The van der Waals surface area contributed by atoms with Gasteiger partial charge in [-0.1, -0.05) is 0 Å². The quantitative estimate of drug-likeness (QED) is 0.383. The number of benzene rings is 2. The Bertz CT molecular complexity index is 1270. The summed E-state index contributed by atoms with van der Waals surface area (Å²) in [6.45, 7) is 3.08. The number of halogens is 1. The Hall–Kier alpha value is -3.65. The van der Waals surface area contributed by atoms with Crippen molar-refractivity contribution >= 4 is 33.9 Å². The maximum atomic E-state index is 13.2. The maximum Gasteiger partial charge on any atom is 0.253 e. The van der Waals surface area contributed by atoms with Crippen LogP contribution in [-0.4, -0.2) is 21.6 Å². The van der Waals surface area contributed by atoms with Gasteiger partial charge in [-0.3, -0.25) is 4.79 Å². The molecule has 0 unspecified atom stereocenters. The van der Waals surface area contributed by atoms with Crippen molar-refractivity contribution in [2.24, 2.45) is 0 Å². The molecule has 2 aromatic carbocycles. The second kappa shape index (κ2) is 9.65. The number of furan rings is 1. The lowest BCUT2D eigenvalue weighted by atomic mass is 10.1. The zero-order valence-corrected chi connectivity index (χ0v) is 18.2. The fourth-order valence-electron chi connectivity index (χ4n) is 3.34. The van der Waals surface area contributed by atoms with Gasteiger partial charge in [-0.25, -0.2) is 4.39 Å². The van der Waals surface area contributed by atoms with Crippen molar-refractivity contribution in [3.05, 3.63) is 94.4 Å². The molecule has 32 heavy (non-hydrogen) atoms. The Morgan fingerprint density at radius 1 is 1.16 bits per heavy atom. The second-order valence-corrected chi connectivity index (χ2v) is 7.56. The van der Waals surface area contributed by atoms with Gasteiger partial charge >= 0.3 is 0 Å². The van der Waals surface area contributed by atoms with Gasteiger partial charge < -0.3 is 24.4 Å². The first-order chi connectivity index (χ1) is 15.5. The van der Waals surface area contributed by atoms with Crippen molar-refractivity contribution in [1.82, 2.24) is 9.88 Å². The number of ether oxygens (including phenoxy) is 1. The molecule has 0 aliphatic carbocycles. The Morgan fingerprint density at radius 2 is 1.97 bits per heavy atom. The zero-order chi connectivity index (χ0) is 22.5. The first-order valence-electron chi connectivity index (χ1n) is 10.1. The number of rotatable bonds is 7. The molecule has 164 valence electrons. The SMILES string of the molecule is CCOc1ccc2[nH]c(=O)c(CN(Cc3ccco3)C(=S)Nc3ccc(F)cc3)cc2c1. The van der Waals surface area contributed by atoms with Crippen molar-refractivity contribution in [2.45, 2.75) is 20.0 Å². The van der Waals surface area contributed by atoms with E-state index < -0.39 is 0 Å². The van der Waals surface area contributed by atoms with E-state index in [2.05, 4.69) is 10.3 Å². The van der Waals surface area contributed by atoms with Crippen molar-refractivity contribution < 1.29 is 13.5 Å². The van der Waals surface area contributed by atoms with E-state index in [1.807, 2.05) is 42.2 Å². The molecule has 0 saturated carbocycles. The number of pyridine rings is 1. The summed E-state index contributed by atoms with van der Waals surface area (Å²) < 4.78 is 24.3. The normalized spacial score (nSPS) is 10.8. The fraction of sp³-hybridized carbons (Fsp3) is 0.167. The van der Waals surface area contributed by atoms with Crippen LogP contribution in [0, 0.1) is 5.82 Å². The number of hydrogen-bond acceptors (Lipinski definition) is 4. The van der Waals surface area contributed by atoms with E-state index in [-0.39, 0.29) is 17.9 Å². The summed E-state index contributed by atoms with van der Waals surface area (Å²) >= 11 is 5.60. The molecule has 8 heteroatoms. The first kappa shape index (κ1) is 21.6. The van der Waals surface area contributed by atoms with Crippen LogP contribution in [-0.2, 0) is 13.1 Å². The second-order valence-electron chi connectivity index (χ2n) is 7.18. The number of aromatic nitrogens is 1. The third kappa shape index (κ3) is 5.15. The molecule has 0 saturated heterocycles. The van der Waals surface area contributed by atoms with Gasteiger partial charge in [0.1, 0.15) is 17.3 Å². The molecule has 0 bridgehead atoms. The highest BCUT2D eigenvalue weighted by Gasteiger charge is 2.16. The van der Waals surface area contributed by atoms with Crippen LogP contribution in [0.4, 0.5) is 10.1 Å². The molecule has 4 rings (SSSR count). The van der Waals surface area contributed by atoms with Crippen molar-refractivity contribution in [3.63, 3.8) is 0 Å². The van der Waals surface area contributed by atoms with Crippen molar-refractivity contribution in [3.8, 4) is 5.75 Å². The Kier molecular flexibility index (Phi) is 6.51. The van der Waals surface area contributed by atoms with Gasteiger partial charge in [0.05, 0.1) is 26.0 Å². The molecule has 2 heterocycles. The van der Waals surface area contributed by atoms with Crippen LogP contribution < -0.4 is 15.6 Å². The number of H-pyrrole nitrogens is 1. The summed E-state index contributed by atoms with van der Waals surface area (Å²) in [6.07, 6.45) is 1.59. The van der Waals surface area contributed by atoms with Crippen LogP contribution in [0.1, 0.15) is 18.2 Å². The molecule has 0 radical (unpaired) electrons. The third-order valence-electron chi connectivity index (χ3n) is 4.87. The number of anilines is 1. The van der Waals surface area contributed by atoms with Crippen LogP contribution in [0.25, 0.3) is 10.9 Å². The van der Waals surface area contributed by atoms with Gasteiger partial charge in [-0.05, 0) is 79.8 Å². The largest absolute Gasteiger partial charge is 0.494 e. The molecule has 0 atom stereocenters. The lowest BCUT2D eigenvalue weighted by Gasteiger charge is -2.25. The topological polar surface area (TPSA) is 70.5 Å². The van der Waals surface area contributed by atoms with Crippen LogP contribution in [0.5, 0.6) is 5.75 Å². The third-order valence-corrected chi connectivity index (χ3v) is 5.23. The molecular formula is C24H22FN3O3S. The minimum absolute atomic E-state index is 0.198. The highest BCUT2D eigenvalue weighted by Crippen LogP contribution is 2.20. The van der Waals surface area contributed by atoms with E-state index in [1.165, 1.54) is 12.1 Å². The van der Waals surface area contributed by atoms with Gasteiger partial charge in [0, 0.05) is 22.2 Å². The molecule has 0 aliphatic heterocycles. The first-order valence-corrected chi connectivity index (χ1v) is 10.6. The summed E-state index contributed by atoms with van der Waals surface area (Å²) in [5.74, 6) is 1.10. The Morgan fingerprint density at radius 3 is 2.69 bits per heavy atom. The molecule has 6 nitrogen and oxygen atoms in total. The number of hydrogen-bond donors (Lipinski definition) is 2. The van der Waals surface area contributed by atoms with Crippen LogP contribution in [0.3, 0.4) is 0 Å². The molecule has 2 aromatic heterocycles. The lowest BCUT2D eigenvalue weighted by molar-refractivity contribution is 0.340. The summed E-state index contributed by atoms with van der Waals surface area (Å²) in [5.41, 5.74) is 1.72. The van der Waals surface area contributed by atoms with E-state index in [0.29, 0.717) is 35.3 Å². The van der Waals surface area contributed by atoms with E-state index in [1.54, 1.807) is 24.5 Å². The molecular weight excluding hydrogens is 429 g/mol. The molecule has 0 fully saturated rings. The number of nitrogens with zero attached hydrogens (tertiary/aromatic N) is 1.